The van der Waals surface area contributed by atoms with E-state index in [-0.39, 0.29) is 36.5 Å². The van der Waals surface area contributed by atoms with Crippen LogP contribution in [0.15, 0.2) is 18.2 Å². The van der Waals surface area contributed by atoms with E-state index in [9.17, 15) is 9.18 Å². The normalized spacial score (nSPS) is 16.7. The third kappa shape index (κ3) is 5.34. The van der Waals surface area contributed by atoms with Gasteiger partial charge in [-0.25, -0.2) is 9.37 Å². The molecule has 1 saturated heterocycles. The summed E-state index contributed by atoms with van der Waals surface area (Å²) in [6.07, 6.45) is 3.36. The topological polar surface area (TPSA) is 69.8 Å². The average molecular weight is 363 g/mol. The highest BCUT2D eigenvalue weighted by atomic mass is 35.5. The molecule has 0 aliphatic carbocycles. The first-order valence-corrected chi connectivity index (χ1v) is 7.35. The minimum atomic E-state index is -0.282. The molecule has 1 aromatic carbocycles. The smallest absolute Gasteiger partial charge is 0.221 e. The average Bonchev–Trinajstić information content (AvgIpc) is 3.07. The van der Waals surface area contributed by atoms with Gasteiger partial charge in [0.2, 0.25) is 5.91 Å². The third-order valence-electron chi connectivity index (χ3n) is 3.77. The molecule has 5 nitrogen and oxygen atoms in total. The van der Waals surface area contributed by atoms with Gasteiger partial charge in [0, 0.05) is 25.4 Å². The van der Waals surface area contributed by atoms with Crippen LogP contribution >= 0.6 is 24.8 Å². The van der Waals surface area contributed by atoms with Crippen molar-refractivity contribution in [3.63, 3.8) is 0 Å². The first kappa shape index (κ1) is 19.7. The molecule has 1 unspecified atom stereocenters. The van der Waals surface area contributed by atoms with Crippen LogP contribution in [0.2, 0.25) is 0 Å². The number of halogens is 3. The number of carbonyl (C=O) groups is 1. The third-order valence-corrected chi connectivity index (χ3v) is 3.77. The maximum Gasteiger partial charge on any atom is 0.221 e. The van der Waals surface area contributed by atoms with Crippen LogP contribution in [0.3, 0.4) is 0 Å². The molecule has 1 aliphatic rings. The quantitative estimate of drug-likeness (QED) is 0.764. The lowest BCUT2D eigenvalue weighted by molar-refractivity contribution is -0.121. The van der Waals surface area contributed by atoms with Gasteiger partial charge in [-0.1, -0.05) is 0 Å². The number of carbonyl (C=O) groups excluding carboxylic acids is 1. The number of aromatic nitrogens is 2. The van der Waals surface area contributed by atoms with Gasteiger partial charge >= 0.3 is 0 Å². The molecule has 3 rings (SSSR count). The van der Waals surface area contributed by atoms with E-state index < -0.39 is 0 Å². The number of amides is 1. The monoisotopic (exact) mass is 362 g/mol. The molecule has 1 amide bonds. The van der Waals surface area contributed by atoms with Crippen LogP contribution in [0.25, 0.3) is 11.0 Å². The van der Waals surface area contributed by atoms with Gasteiger partial charge in [-0.3, -0.25) is 4.79 Å². The van der Waals surface area contributed by atoms with E-state index in [0.29, 0.717) is 30.9 Å². The summed E-state index contributed by atoms with van der Waals surface area (Å²) < 4.78 is 13.1. The largest absolute Gasteiger partial charge is 0.356 e. The fourth-order valence-corrected chi connectivity index (χ4v) is 2.70. The van der Waals surface area contributed by atoms with Gasteiger partial charge in [-0.15, -0.1) is 24.8 Å². The number of imidazole rings is 1. The highest BCUT2D eigenvalue weighted by Crippen LogP contribution is 2.13. The molecular formula is C15H21Cl2FN4O. The van der Waals surface area contributed by atoms with Crippen molar-refractivity contribution in [2.24, 2.45) is 0 Å². The van der Waals surface area contributed by atoms with E-state index in [0.717, 1.165) is 30.7 Å². The molecule has 1 atom stereocenters. The van der Waals surface area contributed by atoms with Crippen LogP contribution in [-0.2, 0) is 11.2 Å². The van der Waals surface area contributed by atoms with Gasteiger partial charge in [0.05, 0.1) is 11.0 Å². The fourth-order valence-electron chi connectivity index (χ4n) is 2.70. The lowest BCUT2D eigenvalue weighted by atomic mass is 10.1. The van der Waals surface area contributed by atoms with Crippen molar-refractivity contribution in [2.75, 3.05) is 13.1 Å². The Kier molecular flexibility index (Phi) is 7.75. The molecule has 23 heavy (non-hydrogen) atoms. The number of nitrogens with zero attached hydrogens (tertiary/aromatic N) is 1. The highest BCUT2D eigenvalue weighted by molar-refractivity contribution is 5.85. The first-order chi connectivity index (χ1) is 10.2. The van der Waals surface area contributed by atoms with E-state index in [2.05, 4.69) is 20.6 Å². The van der Waals surface area contributed by atoms with Crippen LogP contribution in [0, 0.1) is 5.82 Å². The Balaban J connectivity index is 0.00000132. The highest BCUT2D eigenvalue weighted by Gasteiger charge is 2.17. The zero-order valence-corrected chi connectivity index (χ0v) is 14.2. The van der Waals surface area contributed by atoms with Crippen molar-refractivity contribution < 1.29 is 9.18 Å². The summed E-state index contributed by atoms with van der Waals surface area (Å²) in [6.45, 7) is 1.54. The molecule has 0 spiro atoms. The van der Waals surface area contributed by atoms with Gasteiger partial charge in [0.1, 0.15) is 11.6 Å². The van der Waals surface area contributed by atoms with Crippen molar-refractivity contribution in [1.82, 2.24) is 20.6 Å². The van der Waals surface area contributed by atoms with Crippen molar-refractivity contribution >= 4 is 41.8 Å². The summed E-state index contributed by atoms with van der Waals surface area (Å²) in [5, 5.41) is 6.20. The fraction of sp³-hybridized carbons (Fsp3) is 0.467. The van der Waals surface area contributed by atoms with E-state index in [4.69, 9.17) is 0 Å². The summed E-state index contributed by atoms with van der Waals surface area (Å²) in [6, 6.07) is 4.79. The van der Waals surface area contributed by atoms with Crippen molar-refractivity contribution in [3.05, 3.63) is 29.8 Å². The second kappa shape index (κ2) is 9.05. The second-order valence-corrected chi connectivity index (χ2v) is 5.44. The van der Waals surface area contributed by atoms with Crippen LogP contribution < -0.4 is 10.6 Å². The number of fused-ring (bicyclic) bond motifs is 1. The Bertz CT molecular complexity index is 643. The van der Waals surface area contributed by atoms with Gasteiger partial charge < -0.3 is 15.6 Å². The number of aromatic amines is 1. The summed E-state index contributed by atoms with van der Waals surface area (Å²) in [7, 11) is 0. The maximum absolute atomic E-state index is 13.1. The summed E-state index contributed by atoms with van der Waals surface area (Å²) in [5.74, 6) is 0.543. The van der Waals surface area contributed by atoms with Crippen LogP contribution in [0.4, 0.5) is 4.39 Å². The molecular weight excluding hydrogens is 342 g/mol. The van der Waals surface area contributed by atoms with Crippen molar-refractivity contribution in [2.45, 2.75) is 31.7 Å². The predicted molar refractivity (Wildman–Crippen MR) is 92.9 cm³/mol. The molecule has 1 fully saturated rings. The zero-order valence-electron chi connectivity index (χ0n) is 12.6. The van der Waals surface area contributed by atoms with E-state index in [1.807, 2.05) is 0 Å². The van der Waals surface area contributed by atoms with E-state index in [1.54, 1.807) is 6.07 Å². The van der Waals surface area contributed by atoms with Gasteiger partial charge in [0.25, 0.3) is 0 Å². The number of hydrogen-bond donors (Lipinski definition) is 3. The molecule has 0 bridgehead atoms. The predicted octanol–water partition coefficient (Wildman–Crippen LogP) is 2.35. The van der Waals surface area contributed by atoms with Gasteiger partial charge in [0.15, 0.2) is 0 Å². The number of hydrogen-bond acceptors (Lipinski definition) is 3. The summed E-state index contributed by atoms with van der Waals surface area (Å²) >= 11 is 0. The maximum atomic E-state index is 13.1. The second-order valence-electron chi connectivity index (χ2n) is 5.44. The van der Waals surface area contributed by atoms with Crippen LogP contribution in [0.1, 0.15) is 25.1 Å². The van der Waals surface area contributed by atoms with Crippen LogP contribution in [0.5, 0.6) is 0 Å². The summed E-state index contributed by atoms with van der Waals surface area (Å²) in [5.41, 5.74) is 1.43. The standard InChI is InChI=1S/C15H19FN4O.2ClH/c16-10-3-4-12-13(8-10)20-14(19-12)5-7-18-15(21)9-11-2-1-6-17-11;;/h3-4,8,11,17H,1-2,5-7,9H2,(H,18,21)(H,19,20);2*1H. The Morgan fingerprint density at radius 3 is 2.96 bits per heavy atom. The molecule has 8 heteroatoms. The first-order valence-electron chi connectivity index (χ1n) is 7.35. The lowest BCUT2D eigenvalue weighted by Crippen LogP contribution is -2.32. The number of nitrogens with one attached hydrogen (secondary N) is 3. The minimum absolute atomic E-state index is 0. The lowest BCUT2D eigenvalue weighted by Gasteiger charge is -2.09. The van der Waals surface area contributed by atoms with E-state index in [1.165, 1.54) is 12.1 Å². The molecule has 0 radical (unpaired) electrons. The molecule has 2 aromatic rings. The zero-order chi connectivity index (χ0) is 14.7. The number of rotatable bonds is 5. The molecule has 0 saturated carbocycles. The Morgan fingerprint density at radius 2 is 2.22 bits per heavy atom. The number of H-pyrrole nitrogens is 1. The van der Waals surface area contributed by atoms with Gasteiger partial charge in [-0.2, -0.15) is 0 Å². The Morgan fingerprint density at radius 1 is 1.39 bits per heavy atom. The minimum Gasteiger partial charge on any atom is -0.356 e. The Hall–Kier alpha value is -1.37. The molecule has 2 heterocycles. The molecule has 128 valence electrons. The van der Waals surface area contributed by atoms with Crippen molar-refractivity contribution in [3.8, 4) is 0 Å². The summed E-state index contributed by atoms with van der Waals surface area (Å²) in [4.78, 5) is 19.2. The van der Waals surface area contributed by atoms with Gasteiger partial charge in [-0.05, 0) is 37.6 Å². The van der Waals surface area contributed by atoms with Crippen molar-refractivity contribution in [1.29, 1.82) is 0 Å². The SMILES string of the molecule is Cl.Cl.O=C(CC1CCCN1)NCCc1nc2ccc(F)cc2[nH]1. The number of benzene rings is 1. The Labute approximate surface area is 146 Å². The molecule has 1 aromatic heterocycles. The van der Waals surface area contributed by atoms with E-state index >= 15 is 0 Å². The molecule has 1 aliphatic heterocycles. The van der Waals surface area contributed by atoms with Crippen LogP contribution in [-0.4, -0.2) is 35.0 Å². The molecule has 3 N–H and O–H groups in total.